The minimum absolute atomic E-state index is 0.0998. The van der Waals surface area contributed by atoms with Crippen molar-refractivity contribution >= 4 is 41.0 Å². The standard InChI is InChI=1S/C20H21ClF3N9O3/c21-13-15(26)30-14(25)12(29-13)16(34)31-18-28-8-19(32-18)3-5-33(6-4-19)17(35)10-1-2-11(27-7-10)36-9-20(22,23)24/h1-2,7H,3-6,8-9H2,(H4,25,26,30)(H2,28,31,32,34). The van der Waals surface area contributed by atoms with Gasteiger partial charge in [-0.15, -0.1) is 0 Å². The number of carbonyl (C=O) groups is 2. The summed E-state index contributed by atoms with van der Waals surface area (Å²) in [5.74, 6) is -1.34. The molecule has 0 bridgehead atoms. The predicted octanol–water partition coefficient (Wildman–Crippen LogP) is 0.995. The number of aliphatic imine (C=N–C) groups is 1. The average Bonchev–Trinajstić information content (AvgIpc) is 3.21. The maximum atomic E-state index is 12.8. The largest absolute Gasteiger partial charge is 0.468 e. The molecule has 2 aliphatic heterocycles. The van der Waals surface area contributed by atoms with Crippen LogP contribution in [0, 0.1) is 0 Å². The lowest BCUT2D eigenvalue weighted by Crippen LogP contribution is -2.53. The number of carbonyl (C=O) groups excluding carboxylic acids is 2. The zero-order chi connectivity index (χ0) is 26.1. The van der Waals surface area contributed by atoms with E-state index in [-0.39, 0.29) is 45.8 Å². The van der Waals surface area contributed by atoms with Gasteiger partial charge in [-0.25, -0.2) is 15.0 Å². The number of likely N-dealkylation sites (tertiary alicyclic amines) is 1. The molecule has 2 saturated heterocycles. The molecule has 2 aromatic rings. The Morgan fingerprint density at radius 2 is 1.92 bits per heavy atom. The first-order valence-corrected chi connectivity index (χ1v) is 11.0. The summed E-state index contributed by atoms with van der Waals surface area (Å²) < 4.78 is 41.3. The van der Waals surface area contributed by atoms with Crippen molar-refractivity contribution in [3.05, 3.63) is 34.7 Å². The summed E-state index contributed by atoms with van der Waals surface area (Å²) in [4.78, 5) is 42.3. The molecule has 6 N–H and O–H groups in total. The molecule has 0 aliphatic carbocycles. The van der Waals surface area contributed by atoms with E-state index in [1.54, 1.807) is 4.90 Å². The second-order valence-electron chi connectivity index (χ2n) is 8.24. The van der Waals surface area contributed by atoms with Gasteiger partial charge in [0.25, 0.3) is 5.91 Å². The van der Waals surface area contributed by atoms with E-state index in [1.165, 1.54) is 18.3 Å². The van der Waals surface area contributed by atoms with Gasteiger partial charge in [-0.1, -0.05) is 11.6 Å². The molecule has 192 valence electrons. The van der Waals surface area contributed by atoms with Gasteiger partial charge in [-0.3, -0.25) is 9.59 Å². The van der Waals surface area contributed by atoms with Gasteiger partial charge >= 0.3 is 12.1 Å². The summed E-state index contributed by atoms with van der Waals surface area (Å²) in [5.41, 5.74) is 10.8. The number of nitrogens with two attached hydrogens (primary N) is 2. The second kappa shape index (κ2) is 9.64. The van der Waals surface area contributed by atoms with E-state index >= 15 is 0 Å². The smallest absolute Gasteiger partial charge is 0.422 e. The van der Waals surface area contributed by atoms with Gasteiger partial charge in [0.15, 0.2) is 35.0 Å². The van der Waals surface area contributed by atoms with Crippen LogP contribution in [0.3, 0.4) is 0 Å². The van der Waals surface area contributed by atoms with Gasteiger partial charge in [-0.2, -0.15) is 18.2 Å². The summed E-state index contributed by atoms with van der Waals surface area (Å²) in [6, 6.07) is 2.59. The molecule has 12 nitrogen and oxygen atoms in total. The number of rotatable bonds is 4. The number of aromatic nitrogens is 3. The summed E-state index contributed by atoms with van der Waals surface area (Å²) in [6.07, 6.45) is -2.20. The van der Waals surface area contributed by atoms with Gasteiger partial charge in [0.1, 0.15) is 0 Å². The van der Waals surface area contributed by atoms with Crippen LogP contribution in [0.25, 0.3) is 0 Å². The third kappa shape index (κ3) is 5.67. The first-order valence-electron chi connectivity index (χ1n) is 10.6. The highest BCUT2D eigenvalue weighted by Gasteiger charge is 2.41. The van der Waals surface area contributed by atoms with Crippen LogP contribution in [-0.2, 0) is 0 Å². The number of amides is 2. The molecule has 2 fully saturated rings. The van der Waals surface area contributed by atoms with Crippen LogP contribution in [0.2, 0.25) is 5.15 Å². The highest BCUT2D eigenvalue weighted by Crippen LogP contribution is 2.26. The Hall–Kier alpha value is -3.88. The zero-order valence-corrected chi connectivity index (χ0v) is 19.4. The van der Waals surface area contributed by atoms with Crippen LogP contribution in [0.15, 0.2) is 23.3 Å². The number of hydrogen-bond acceptors (Lipinski definition) is 8. The number of alkyl halides is 3. The summed E-state index contributed by atoms with van der Waals surface area (Å²) in [5, 5.41) is 6.07. The van der Waals surface area contributed by atoms with Crippen molar-refractivity contribution in [3.63, 3.8) is 0 Å². The van der Waals surface area contributed by atoms with Crippen LogP contribution in [0.5, 0.6) is 5.88 Å². The Kier molecular flexibility index (Phi) is 6.75. The maximum absolute atomic E-state index is 12.8. The number of hydrogen-bond donors (Lipinski definition) is 4. The van der Waals surface area contributed by atoms with E-state index in [0.29, 0.717) is 32.5 Å². The van der Waals surface area contributed by atoms with E-state index < -0.39 is 24.2 Å². The number of pyridine rings is 1. The van der Waals surface area contributed by atoms with E-state index in [9.17, 15) is 22.8 Å². The molecular formula is C20H21ClF3N9O3. The van der Waals surface area contributed by atoms with Crippen molar-refractivity contribution in [2.45, 2.75) is 24.6 Å². The van der Waals surface area contributed by atoms with Gasteiger partial charge in [0.2, 0.25) is 5.88 Å². The van der Waals surface area contributed by atoms with Gasteiger partial charge < -0.3 is 31.7 Å². The van der Waals surface area contributed by atoms with E-state index in [4.69, 9.17) is 23.1 Å². The van der Waals surface area contributed by atoms with E-state index in [1.807, 2.05) is 0 Å². The number of ether oxygens (including phenoxy) is 1. The normalized spacial score (nSPS) is 18.1. The summed E-state index contributed by atoms with van der Waals surface area (Å²) in [6.45, 7) is -0.203. The Bertz CT molecular complexity index is 1200. The van der Waals surface area contributed by atoms with Crippen molar-refractivity contribution < 1.29 is 27.5 Å². The summed E-state index contributed by atoms with van der Waals surface area (Å²) in [7, 11) is 0. The van der Waals surface area contributed by atoms with Crippen molar-refractivity contribution in [2.24, 2.45) is 4.99 Å². The van der Waals surface area contributed by atoms with Crippen molar-refractivity contribution in [1.29, 1.82) is 0 Å². The number of nitrogen functional groups attached to an aromatic ring is 2. The number of guanidine groups is 1. The molecule has 0 unspecified atom stereocenters. The molecule has 0 radical (unpaired) electrons. The lowest BCUT2D eigenvalue weighted by molar-refractivity contribution is -0.154. The molecule has 2 amide bonds. The number of piperidine rings is 1. The number of anilines is 2. The molecule has 16 heteroatoms. The molecule has 4 heterocycles. The molecule has 0 saturated carbocycles. The molecule has 0 atom stereocenters. The van der Waals surface area contributed by atoms with E-state index in [2.05, 4.69) is 35.3 Å². The minimum atomic E-state index is -4.48. The predicted molar refractivity (Wildman–Crippen MR) is 122 cm³/mol. The first-order chi connectivity index (χ1) is 16.9. The second-order valence-corrected chi connectivity index (χ2v) is 8.60. The quantitative estimate of drug-likeness (QED) is 0.449. The molecule has 2 aromatic heterocycles. The SMILES string of the molecule is Nc1nc(N)c(C(=O)/N=C2\NCC3(CCN(C(=O)c4ccc(OCC(F)(F)F)nc4)CC3)N2)nc1Cl. The van der Waals surface area contributed by atoms with Crippen molar-refractivity contribution in [1.82, 2.24) is 30.5 Å². The lowest BCUT2D eigenvalue weighted by Gasteiger charge is -2.38. The third-order valence-electron chi connectivity index (χ3n) is 5.67. The highest BCUT2D eigenvalue weighted by atomic mass is 35.5. The Morgan fingerprint density at radius 1 is 1.19 bits per heavy atom. The number of nitrogens with zero attached hydrogens (tertiary/aromatic N) is 5. The fraction of sp³-hybridized carbons (Fsp3) is 0.400. The third-order valence-corrected chi connectivity index (χ3v) is 5.95. The number of nitrogens with one attached hydrogen (secondary N) is 2. The molecular weight excluding hydrogens is 507 g/mol. The minimum Gasteiger partial charge on any atom is -0.468 e. The number of halogens is 4. The Labute approximate surface area is 207 Å². The molecule has 2 aliphatic rings. The lowest BCUT2D eigenvalue weighted by atomic mass is 9.88. The molecule has 4 rings (SSSR count). The Morgan fingerprint density at radius 3 is 2.56 bits per heavy atom. The van der Waals surface area contributed by atoms with Crippen LogP contribution in [0.4, 0.5) is 24.8 Å². The monoisotopic (exact) mass is 527 g/mol. The van der Waals surface area contributed by atoms with Crippen molar-refractivity contribution in [3.8, 4) is 5.88 Å². The van der Waals surface area contributed by atoms with Gasteiger partial charge in [0, 0.05) is 31.9 Å². The van der Waals surface area contributed by atoms with Crippen LogP contribution in [-0.4, -0.2) is 75.6 Å². The maximum Gasteiger partial charge on any atom is 0.422 e. The average molecular weight is 528 g/mol. The molecule has 0 aromatic carbocycles. The van der Waals surface area contributed by atoms with Crippen molar-refractivity contribution in [2.75, 3.05) is 37.7 Å². The van der Waals surface area contributed by atoms with Gasteiger partial charge in [0.05, 0.1) is 11.1 Å². The van der Waals surface area contributed by atoms with Gasteiger partial charge in [-0.05, 0) is 18.9 Å². The topological polar surface area (TPSA) is 174 Å². The fourth-order valence-corrected chi connectivity index (χ4v) is 3.91. The molecule has 1 spiro atoms. The van der Waals surface area contributed by atoms with Crippen LogP contribution in [0.1, 0.15) is 33.7 Å². The zero-order valence-electron chi connectivity index (χ0n) is 18.6. The van der Waals surface area contributed by atoms with Crippen LogP contribution < -0.4 is 26.8 Å². The first kappa shape index (κ1) is 25.2. The Balaban J connectivity index is 1.33. The van der Waals surface area contributed by atoms with E-state index in [0.717, 1.165) is 0 Å². The summed E-state index contributed by atoms with van der Waals surface area (Å²) >= 11 is 5.82. The van der Waals surface area contributed by atoms with Crippen LogP contribution >= 0.6 is 11.6 Å². The fourth-order valence-electron chi connectivity index (χ4n) is 3.78. The molecule has 36 heavy (non-hydrogen) atoms. The highest BCUT2D eigenvalue weighted by molar-refractivity contribution is 6.31.